The molecule has 2 aliphatic heterocycles. The molecule has 1 saturated carbocycles. The van der Waals surface area contributed by atoms with Crippen LogP contribution in [0.2, 0.25) is 0 Å². The SMILES string of the molecule is Cc1cc([C@H]2C3=CC[C@@H]4C(=O)N(c5cccc(B(O)O)c5)C(=O)[C@@H]4[C@@H]3C[C@@]3(Cl)C(=O)N(c4c(F)c(F)c(F)c(F)c4F)C(=O)[C@@]23Cl)ccc1O. The smallest absolute Gasteiger partial charge is 0.488 e. The molecule has 0 unspecified atom stereocenters. The van der Waals surface area contributed by atoms with Crippen LogP contribution in [0.3, 0.4) is 0 Å². The van der Waals surface area contributed by atoms with Gasteiger partial charge in [0.2, 0.25) is 17.6 Å². The number of phenols is 1. The average Bonchev–Trinajstić information content (AvgIpc) is 3.42. The Hall–Kier alpha value is -4.31. The molecule has 2 saturated heterocycles. The molecule has 0 bridgehead atoms. The molecule has 6 atom stereocenters. The topological polar surface area (TPSA) is 135 Å². The Labute approximate surface area is 289 Å². The normalized spacial score (nSPS) is 28.9. The monoisotopic (exact) mass is 734 g/mol. The highest BCUT2D eigenvalue weighted by Crippen LogP contribution is 2.66. The fraction of sp³-hybridized carbons (Fsp3) is 0.273. The summed E-state index contributed by atoms with van der Waals surface area (Å²) >= 11 is 14.2. The molecule has 258 valence electrons. The lowest BCUT2D eigenvalue weighted by Gasteiger charge is -2.50. The van der Waals surface area contributed by atoms with Crippen LogP contribution < -0.4 is 15.3 Å². The minimum atomic E-state index is -2.69. The number of rotatable bonds is 4. The maximum absolute atomic E-state index is 15.2. The van der Waals surface area contributed by atoms with Gasteiger partial charge in [-0.2, -0.15) is 0 Å². The lowest BCUT2D eigenvalue weighted by atomic mass is 9.56. The number of aryl methyl sites for hydroxylation is 1. The molecule has 9 nitrogen and oxygen atoms in total. The lowest BCUT2D eigenvalue weighted by Crippen LogP contribution is -2.60. The minimum Gasteiger partial charge on any atom is -0.508 e. The first kappa shape index (κ1) is 34.2. The number of benzene rings is 3. The van der Waals surface area contributed by atoms with Crippen LogP contribution in [0.5, 0.6) is 5.75 Å². The van der Waals surface area contributed by atoms with Crippen molar-refractivity contribution >= 4 is 70.8 Å². The van der Waals surface area contributed by atoms with Crippen LogP contribution in [-0.2, 0) is 19.2 Å². The molecule has 3 aromatic rings. The summed E-state index contributed by atoms with van der Waals surface area (Å²) in [5, 5.41) is 29.6. The van der Waals surface area contributed by atoms with Crippen LogP contribution in [0, 0.1) is 53.8 Å². The molecule has 2 heterocycles. The molecule has 2 aliphatic carbocycles. The number of halogens is 7. The van der Waals surface area contributed by atoms with Gasteiger partial charge in [0.05, 0.1) is 17.5 Å². The molecular weight excluding hydrogens is 713 g/mol. The van der Waals surface area contributed by atoms with E-state index in [4.69, 9.17) is 23.2 Å². The van der Waals surface area contributed by atoms with Crippen LogP contribution >= 0.6 is 23.2 Å². The van der Waals surface area contributed by atoms with E-state index in [1.165, 1.54) is 49.4 Å². The lowest BCUT2D eigenvalue weighted by molar-refractivity contribution is -0.125. The largest absolute Gasteiger partial charge is 0.508 e. The molecule has 4 amide bonds. The van der Waals surface area contributed by atoms with Gasteiger partial charge in [-0.05, 0) is 60.5 Å². The number of phenolic OH excluding ortho intramolecular Hbond substituents is 1. The van der Waals surface area contributed by atoms with E-state index >= 15 is 8.78 Å². The molecule has 50 heavy (non-hydrogen) atoms. The number of anilines is 2. The summed E-state index contributed by atoms with van der Waals surface area (Å²) in [6.07, 6.45) is 0.775. The van der Waals surface area contributed by atoms with Crippen LogP contribution in [-0.4, -0.2) is 55.7 Å². The van der Waals surface area contributed by atoms with Gasteiger partial charge in [0.1, 0.15) is 11.4 Å². The number of hydrogen-bond donors (Lipinski definition) is 3. The minimum absolute atomic E-state index is 0.0138. The van der Waals surface area contributed by atoms with Crippen LogP contribution in [0.25, 0.3) is 0 Å². The molecular formula is C33H22BCl2F5N2O7. The first-order chi connectivity index (χ1) is 23.5. The van der Waals surface area contributed by atoms with Gasteiger partial charge in [-0.25, -0.2) is 26.9 Å². The van der Waals surface area contributed by atoms with Crippen molar-refractivity contribution in [2.24, 2.45) is 17.8 Å². The third-order valence-electron chi connectivity index (χ3n) is 10.2. The predicted molar refractivity (Wildman–Crippen MR) is 168 cm³/mol. The highest BCUT2D eigenvalue weighted by molar-refractivity contribution is 6.59. The summed E-state index contributed by atoms with van der Waals surface area (Å²) in [6.45, 7) is 1.50. The summed E-state index contributed by atoms with van der Waals surface area (Å²) in [5.74, 6) is -22.1. The zero-order chi connectivity index (χ0) is 36.4. The molecule has 3 fully saturated rings. The van der Waals surface area contributed by atoms with E-state index in [1.807, 2.05) is 0 Å². The third-order valence-corrected chi connectivity index (χ3v) is 11.6. The Morgan fingerprint density at radius 3 is 2.08 bits per heavy atom. The van der Waals surface area contributed by atoms with Crippen molar-refractivity contribution in [2.75, 3.05) is 9.80 Å². The Morgan fingerprint density at radius 1 is 0.820 bits per heavy atom. The number of amides is 4. The quantitative estimate of drug-likeness (QED) is 0.0706. The maximum Gasteiger partial charge on any atom is 0.488 e. The van der Waals surface area contributed by atoms with Crippen molar-refractivity contribution in [3.05, 3.63) is 94.3 Å². The molecule has 0 aromatic heterocycles. The number of nitrogens with zero attached hydrogens (tertiary/aromatic N) is 2. The molecule has 7 rings (SSSR count). The number of fused-ring (bicyclic) bond motifs is 4. The standard InChI is InChI=1S/C33H22BCl2F5N2O7/c1-12-9-13(5-8-19(12)44)21-16-6-7-17-20(29(46)42(28(17)45)15-4-2-3-14(10-15)34(49)50)18(16)11-32(35)30(47)43(31(48)33(21,32)36)27-25(40)23(38)22(37)24(39)26(27)41/h2-6,8-10,17-18,20-21,44,49-50H,7,11H2,1H3/t17-,18+,20-,21-,32+,33-/m0/s1. The van der Waals surface area contributed by atoms with Gasteiger partial charge in [0, 0.05) is 5.92 Å². The second kappa shape index (κ2) is 11.4. The second-order valence-corrected chi connectivity index (χ2v) is 14.0. The van der Waals surface area contributed by atoms with E-state index in [1.54, 1.807) is 6.08 Å². The van der Waals surface area contributed by atoms with Crippen molar-refractivity contribution in [1.29, 1.82) is 0 Å². The second-order valence-electron chi connectivity index (χ2n) is 12.7. The number of aromatic hydroxyl groups is 1. The van der Waals surface area contributed by atoms with Crippen molar-refractivity contribution in [2.45, 2.75) is 35.4 Å². The van der Waals surface area contributed by atoms with E-state index in [2.05, 4.69) is 0 Å². The van der Waals surface area contributed by atoms with Crippen LogP contribution in [0.15, 0.2) is 54.1 Å². The number of allylic oxidation sites excluding steroid dienone is 2. The number of carbonyl (C=O) groups excluding carboxylic acids is 4. The van der Waals surface area contributed by atoms with Crippen molar-refractivity contribution in [1.82, 2.24) is 0 Å². The number of alkyl halides is 2. The van der Waals surface area contributed by atoms with E-state index in [9.17, 15) is 47.5 Å². The van der Waals surface area contributed by atoms with E-state index in [-0.39, 0.29) is 44.9 Å². The fourth-order valence-corrected chi connectivity index (χ4v) is 8.81. The number of imide groups is 2. The highest BCUT2D eigenvalue weighted by Gasteiger charge is 2.77. The fourth-order valence-electron chi connectivity index (χ4n) is 7.88. The predicted octanol–water partition coefficient (Wildman–Crippen LogP) is 3.84. The van der Waals surface area contributed by atoms with Gasteiger partial charge in [-0.3, -0.25) is 24.1 Å². The Balaban J connectivity index is 1.42. The molecule has 3 N–H and O–H groups in total. The van der Waals surface area contributed by atoms with Gasteiger partial charge in [-0.15, -0.1) is 23.2 Å². The first-order valence-corrected chi connectivity index (χ1v) is 15.8. The third kappa shape index (κ3) is 4.33. The molecule has 17 heteroatoms. The Kier molecular flexibility index (Phi) is 7.76. The van der Waals surface area contributed by atoms with Crippen molar-refractivity contribution < 1.29 is 56.3 Å². The molecule has 0 spiro atoms. The Bertz CT molecular complexity index is 2090. The van der Waals surface area contributed by atoms with Gasteiger partial charge < -0.3 is 15.2 Å². The molecule has 3 aromatic carbocycles. The average molecular weight is 735 g/mol. The summed E-state index contributed by atoms with van der Waals surface area (Å²) < 4.78 is 73.2. The highest BCUT2D eigenvalue weighted by atomic mass is 35.5. The zero-order valence-electron chi connectivity index (χ0n) is 25.4. The number of carbonyl (C=O) groups is 4. The summed E-state index contributed by atoms with van der Waals surface area (Å²) in [7, 11) is -1.93. The van der Waals surface area contributed by atoms with Gasteiger partial charge >= 0.3 is 7.12 Å². The van der Waals surface area contributed by atoms with Crippen molar-refractivity contribution in [3.8, 4) is 5.75 Å². The van der Waals surface area contributed by atoms with Gasteiger partial charge in [-0.1, -0.05) is 35.9 Å². The van der Waals surface area contributed by atoms with Crippen LogP contribution in [0.4, 0.5) is 33.3 Å². The number of hydrogen-bond acceptors (Lipinski definition) is 7. The first-order valence-electron chi connectivity index (χ1n) is 15.1. The molecule has 4 aliphatic rings. The van der Waals surface area contributed by atoms with E-state index in [0.29, 0.717) is 0 Å². The Morgan fingerprint density at radius 2 is 1.46 bits per heavy atom. The molecule has 0 radical (unpaired) electrons. The van der Waals surface area contributed by atoms with E-state index in [0.717, 1.165) is 4.90 Å². The van der Waals surface area contributed by atoms with Gasteiger partial charge in [0.15, 0.2) is 33.0 Å². The van der Waals surface area contributed by atoms with Crippen LogP contribution in [0.1, 0.15) is 29.9 Å². The zero-order valence-corrected chi connectivity index (χ0v) is 26.9. The van der Waals surface area contributed by atoms with E-state index < -0.39 is 105 Å². The van der Waals surface area contributed by atoms with Gasteiger partial charge in [0.25, 0.3) is 11.8 Å². The summed E-state index contributed by atoms with van der Waals surface area (Å²) in [4.78, 5) is 51.8. The summed E-state index contributed by atoms with van der Waals surface area (Å²) in [6, 6.07) is 9.35. The summed E-state index contributed by atoms with van der Waals surface area (Å²) in [5.41, 5.74) is -1.24. The van der Waals surface area contributed by atoms with Crippen molar-refractivity contribution in [3.63, 3.8) is 0 Å². The maximum atomic E-state index is 15.2.